The number of fused-ring (bicyclic) bond motifs is 1. The van der Waals surface area contributed by atoms with Crippen LogP contribution in [0.25, 0.3) is 17.0 Å². The van der Waals surface area contributed by atoms with Crippen molar-refractivity contribution in [2.45, 2.75) is 12.9 Å². The van der Waals surface area contributed by atoms with E-state index in [-0.39, 0.29) is 11.7 Å². The van der Waals surface area contributed by atoms with Gasteiger partial charge >= 0.3 is 6.36 Å². The van der Waals surface area contributed by atoms with Crippen molar-refractivity contribution in [3.8, 4) is 17.1 Å². The second-order valence-electron chi connectivity index (χ2n) is 6.55. The molecule has 0 radical (unpaired) electrons. The number of hydrogen-bond acceptors (Lipinski definition) is 4. The minimum Gasteiger partial charge on any atom is -0.406 e. The topological polar surface area (TPSA) is 68.5 Å². The van der Waals surface area contributed by atoms with Crippen LogP contribution in [0.1, 0.15) is 15.9 Å². The third-order valence-corrected chi connectivity index (χ3v) is 4.59. The number of pyridine rings is 1. The van der Waals surface area contributed by atoms with Crippen LogP contribution in [-0.4, -0.2) is 26.9 Å². The van der Waals surface area contributed by atoms with Gasteiger partial charge in [-0.15, -0.1) is 23.4 Å². The summed E-state index contributed by atoms with van der Waals surface area (Å²) in [5.74, 6) is -0.278. The van der Waals surface area contributed by atoms with Gasteiger partial charge in [0.2, 0.25) is 0 Å². The Bertz CT molecular complexity index is 1240. The zero-order chi connectivity index (χ0) is 22.0. The molecule has 0 spiro atoms. The molecule has 2 heterocycles. The molecule has 6 nitrogen and oxygen atoms in total. The van der Waals surface area contributed by atoms with Gasteiger partial charge in [-0.05, 0) is 54.1 Å². The summed E-state index contributed by atoms with van der Waals surface area (Å²) in [6.07, 6.45) is -3.20. The van der Waals surface area contributed by atoms with Crippen molar-refractivity contribution >= 4 is 23.2 Å². The van der Waals surface area contributed by atoms with Crippen LogP contribution >= 0.6 is 11.6 Å². The van der Waals surface area contributed by atoms with Crippen LogP contribution in [0.2, 0.25) is 5.02 Å². The number of hydrogen-bond donors (Lipinski definition) is 1. The number of carbonyl (C=O) groups excluding carboxylic acids is 1. The van der Waals surface area contributed by atoms with Crippen LogP contribution in [0.4, 0.5) is 13.2 Å². The summed E-state index contributed by atoms with van der Waals surface area (Å²) in [5, 5.41) is 11.5. The van der Waals surface area contributed by atoms with Crippen LogP contribution in [0.3, 0.4) is 0 Å². The Morgan fingerprint density at radius 3 is 2.55 bits per heavy atom. The zero-order valence-corrected chi connectivity index (χ0v) is 16.5. The number of halogens is 4. The summed E-state index contributed by atoms with van der Waals surface area (Å²) >= 11 is 5.95. The van der Waals surface area contributed by atoms with Gasteiger partial charge in [-0.3, -0.25) is 9.20 Å². The SMILES string of the molecule is O=C(NCc1cccc(Cl)c1)c1ccc2nnc(-c3ccc(OC(F)(F)F)cc3)n2c1. The fourth-order valence-electron chi connectivity index (χ4n) is 2.96. The quantitative estimate of drug-likeness (QED) is 0.474. The maximum Gasteiger partial charge on any atom is 0.573 e. The molecule has 0 saturated heterocycles. The Labute approximate surface area is 179 Å². The highest BCUT2D eigenvalue weighted by Crippen LogP contribution is 2.26. The van der Waals surface area contributed by atoms with Crippen LogP contribution in [0, 0.1) is 0 Å². The summed E-state index contributed by atoms with van der Waals surface area (Å²) in [5.41, 5.74) is 2.22. The van der Waals surface area contributed by atoms with Crippen molar-refractivity contribution in [3.63, 3.8) is 0 Å². The van der Waals surface area contributed by atoms with Crippen LogP contribution in [-0.2, 0) is 6.54 Å². The van der Waals surface area contributed by atoms with E-state index < -0.39 is 6.36 Å². The molecule has 1 amide bonds. The first-order valence-corrected chi connectivity index (χ1v) is 9.40. The average Bonchev–Trinajstić information content (AvgIpc) is 3.15. The number of carbonyl (C=O) groups is 1. The number of benzene rings is 2. The normalized spacial score (nSPS) is 11.5. The molecule has 31 heavy (non-hydrogen) atoms. The lowest BCUT2D eigenvalue weighted by Crippen LogP contribution is -2.23. The van der Waals surface area contributed by atoms with Gasteiger partial charge in [0.05, 0.1) is 5.56 Å². The molecule has 10 heteroatoms. The molecule has 0 atom stereocenters. The molecule has 0 aliphatic heterocycles. The summed E-state index contributed by atoms with van der Waals surface area (Å²) in [6.45, 7) is 0.299. The molecule has 0 unspecified atom stereocenters. The van der Waals surface area contributed by atoms with E-state index in [9.17, 15) is 18.0 Å². The number of amides is 1. The Morgan fingerprint density at radius 1 is 1.06 bits per heavy atom. The molecule has 4 aromatic rings. The van der Waals surface area contributed by atoms with E-state index in [2.05, 4.69) is 20.3 Å². The molecular formula is C21H14ClF3N4O2. The number of alkyl halides is 3. The van der Waals surface area contributed by atoms with Crippen molar-refractivity contribution in [3.05, 3.63) is 83.0 Å². The van der Waals surface area contributed by atoms with Crippen LogP contribution in [0.15, 0.2) is 66.9 Å². The number of nitrogens with zero attached hydrogens (tertiary/aromatic N) is 3. The van der Waals surface area contributed by atoms with Gasteiger partial charge in [0.1, 0.15) is 5.75 Å². The smallest absolute Gasteiger partial charge is 0.406 e. The van der Waals surface area contributed by atoms with Crippen molar-refractivity contribution < 1.29 is 22.7 Å². The highest BCUT2D eigenvalue weighted by molar-refractivity contribution is 6.30. The maximum absolute atomic E-state index is 12.6. The van der Waals surface area contributed by atoms with E-state index in [1.807, 2.05) is 6.07 Å². The van der Waals surface area contributed by atoms with Crippen LogP contribution in [0.5, 0.6) is 5.75 Å². The van der Waals surface area contributed by atoms with Crippen molar-refractivity contribution in [2.24, 2.45) is 0 Å². The predicted molar refractivity (Wildman–Crippen MR) is 108 cm³/mol. The molecule has 0 saturated carbocycles. The largest absolute Gasteiger partial charge is 0.573 e. The summed E-state index contributed by atoms with van der Waals surface area (Å²) in [7, 11) is 0. The van der Waals surface area contributed by atoms with Gasteiger partial charge in [0.15, 0.2) is 11.5 Å². The predicted octanol–water partition coefficient (Wildman–Crippen LogP) is 4.88. The van der Waals surface area contributed by atoms with E-state index in [1.165, 1.54) is 24.3 Å². The molecule has 0 bridgehead atoms. The molecule has 0 fully saturated rings. The maximum atomic E-state index is 12.6. The molecule has 2 aromatic carbocycles. The van der Waals surface area contributed by atoms with Gasteiger partial charge in [0, 0.05) is 23.3 Å². The second kappa shape index (κ2) is 8.27. The van der Waals surface area contributed by atoms with Gasteiger partial charge in [-0.2, -0.15) is 0 Å². The fourth-order valence-corrected chi connectivity index (χ4v) is 3.17. The van der Waals surface area contributed by atoms with Gasteiger partial charge in [-0.1, -0.05) is 23.7 Å². The average molecular weight is 447 g/mol. The first-order chi connectivity index (χ1) is 14.8. The molecule has 0 aliphatic carbocycles. The summed E-state index contributed by atoms with van der Waals surface area (Å²) < 4.78 is 42.5. The highest BCUT2D eigenvalue weighted by atomic mass is 35.5. The van der Waals surface area contributed by atoms with E-state index >= 15 is 0 Å². The van der Waals surface area contributed by atoms with E-state index in [1.54, 1.807) is 40.9 Å². The van der Waals surface area contributed by atoms with Crippen molar-refractivity contribution in [1.82, 2.24) is 19.9 Å². The van der Waals surface area contributed by atoms with E-state index in [0.29, 0.717) is 34.2 Å². The van der Waals surface area contributed by atoms with Crippen molar-refractivity contribution in [2.75, 3.05) is 0 Å². The van der Waals surface area contributed by atoms with Gasteiger partial charge < -0.3 is 10.1 Å². The molecular weight excluding hydrogens is 433 g/mol. The Balaban J connectivity index is 1.55. The van der Waals surface area contributed by atoms with Crippen molar-refractivity contribution in [1.29, 1.82) is 0 Å². The standard InChI is InChI=1S/C21H14ClF3N4O2/c22-16-3-1-2-13(10-16)11-26-20(30)15-6-9-18-27-28-19(29(18)12-15)14-4-7-17(8-5-14)31-21(23,24)25/h1-10,12H,11H2,(H,26,30). The minimum atomic E-state index is -4.77. The Hall–Kier alpha value is -3.59. The zero-order valence-electron chi connectivity index (χ0n) is 15.7. The highest BCUT2D eigenvalue weighted by Gasteiger charge is 2.31. The second-order valence-corrected chi connectivity index (χ2v) is 6.99. The van der Waals surface area contributed by atoms with E-state index in [0.717, 1.165) is 5.56 Å². The van der Waals surface area contributed by atoms with Crippen LogP contribution < -0.4 is 10.1 Å². The fraction of sp³-hybridized carbons (Fsp3) is 0.0952. The Kier molecular flexibility index (Phi) is 5.51. The van der Waals surface area contributed by atoms with Gasteiger partial charge in [0.25, 0.3) is 5.91 Å². The number of rotatable bonds is 5. The molecule has 4 rings (SSSR count). The summed E-state index contributed by atoms with van der Waals surface area (Å²) in [6, 6.07) is 15.6. The molecule has 2 aromatic heterocycles. The third kappa shape index (κ3) is 4.95. The lowest BCUT2D eigenvalue weighted by molar-refractivity contribution is -0.274. The number of aromatic nitrogens is 3. The third-order valence-electron chi connectivity index (χ3n) is 4.35. The Morgan fingerprint density at radius 2 is 1.84 bits per heavy atom. The summed E-state index contributed by atoms with van der Waals surface area (Å²) in [4.78, 5) is 12.6. The first-order valence-electron chi connectivity index (χ1n) is 9.02. The molecule has 1 N–H and O–H groups in total. The minimum absolute atomic E-state index is 0.299. The first kappa shape index (κ1) is 20.7. The number of nitrogens with one attached hydrogen (secondary N) is 1. The lowest BCUT2D eigenvalue weighted by atomic mass is 10.2. The number of ether oxygens (including phenoxy) is 1. The lowest BCUT2D eigenvalue weighted by Gasteiger charge is -2.09. The van der Waals surface area contributed by atoms with Gasteiger partial charge in [-0.25, -0.2) is 0 Å². The molecule has 158 valence electrons. The monoisotopic (exact) mass is 446 g/mol. The van der Waals surface area contributed by atoms with E-state index in [4.69, 9.17) is 11.6 Å². The molecule has 0 aliphatic rings.